The highest BCUT2D eigenvalue weighted by Gasteiger charge is 2.29. The van der Waals surface area contributed by atoms with Crippen LogP contribution in [-0.4, -0.2) is 49.9 Å². The molecule has 9 heteroatoms. The van der Waals surface area contributed by atoms with Gasteiger partial charge in [-0.15, -0.1) is 0 Å². The van der Waals surface area contributed by atoms with Crippen LogP contribution in [0.25, 0.3) is 0 Å². The summed E-state index contributed by atoms with van der Waals surface area (Å²) in [5, 5.41) is 14.4. The van der Waals surface area contributed by atoms with Gasteiger partial charge in [0.25, 0.3) is 5.69 Å². The molecular weight excluding hydrogens is 380 g/mol. The van der Waals surface area contributed by atoms with E-state index in [9.17, 15) is 18.5 Å². The van der Waals surface area contributed by atoms with E-state index in [1.807, 2.05) is 18.7 Å². The fourth-order valence-electron chi connectivity index (χ4n) is 3.23. The van der Waals surface area contributed by atoms with Crippen molar-refractivity contribution < 1.29 is 13.3 Å². The monoisotopic (exact) mass is 404 g/mol. The topological polar surface area (TPSA) is 95.8 Å². The van der Waals surface area contributed by atoms with Gasteiger partial charge in [0.1, 0.15) is 5.69 Å². The molecule has 0 unspecified atom stereocenters. The van der Waals surface area contributed by atoms with Crippen molar-refractivity contribution >= 4 is 27.1 Å². The first-order valence-corrected chi connectivity index (χ1v) is 10.6. The molecule has 1 saturated heterocycles. The van der Waals surface area contributed by atoms with Crippen molar-refractivity contribution in [1.29, 1.82) is 0 Å². The molecule has 28 heavy (non-hydrogen) atoms. The zero-order valence-electron chi connectivity index (χ0n) is 15.9. The Morgan fingerprint density at radius 2 is 1.68 bits per heavy atom. The van der Waals surface area contributed by atoms with Crippen molar-refractivity contribution in [2.45, 2.75) is 24.8 Å². The number of nitrogens with one attached hydrogen (secondary N) is 1. The Labute approximate surface area is 165 Å². The van der Waals surface area contributed by atoms with Gasteiger partial charge in [-0.1, -0.05) is 18.2 Å². The first-order valence-electron chi connectivity index (χ1n) is 9.14. The van der Waals surface area contributed by atoms with Crippen LogP contribution < -0.4 is 10.2 Å². The molecule has 1 fully saturated rings. The van der Waals surface area contributed by atoms with Crippen molar-refractivity contribution in [3.8, 4) is 0 Å². The molecule has 0 bridgehead atoms. The van der Waals surface area contributed by atoms with E-state index in [2.05, 4.69) is 5.32 Å². The maximum atomic E-state index is 12.7. The lowest BCUT2D eigenvalue weighted by molar-refractivity contribution is -0.384. The molecule has 1 heterocycles. The third-order valence-corrected chi connectivity index (χ3v) is 6.52. The Balaban J connectivity index is 1.75. The van der Waals surface area contributed by atoms with Crippen LogP contribution >= 0.6 is 0 Å². The molecule has 0 atom stereocenters. The number of piperazine rings is 1. The second-order valence-electron chi connectivity index (χ2n) is 6.96. The van der Waals surface area contributed by atoms with Crippen LogP contribution in [0.2, 0.25) is 0 Å². The van der Waals surface area contributed by atoms with Crippen molar-refractivity contribution in [3.63, 3.8) is 0 Å². The van der Waals surface area contributed by atoms with E-state index in [-0.39, 0.29) is 11.7 Å². The van der Waals surface area contributed by atoms with Crippen LogP contribution in [0.3, 0.4) is 0 Å². The fraction of sp³-hybridized carbons (Fsp3) is 0.368. The number of hydrogen-bond donors (Lipinski definition) is 1. The Bertz CT molecular complexity index is 940. The van der Waals surface area contributed by atoms with Crippen LogP contribution in [0.4, 0.5) is 17.1 Å². The number of rotatable bonds is 6. The molecule has 2 aromatic carbocycles. The lowest BCUT2D eigenvalue weighted by Crippen LogP contribution is -2.48. The Morgan fingerprint density at radius 1 is 1.04 bits per heavy atom. The molecule has 0 radical (unpaired) electrons. The highest BCUT2D eigenvalue weighted by molar-refractivity contribution is 7.89. The minimum atomic E-state index is -3.50. The maximum Gasteiger partial charge on any atom is 0.292 e. The third-order valence-electron chi connectivity index (χ3n) is 4.61. The molecular formula is C19H24N4O4S. The average molecular weight is 404 g/mol. The van der Waals surface area contributed by atoms with Gasteiger partial charge in [0.15, 0.2) is 0 Å². The number of hydrogen-bond acceptors (Lipinski definition) is 6. The van der Waals surface area contributed by atoms with E-state index in [1.54, 1.807) is 42.5 Å². The summed E-state index contributed by atoms with van der Waals surface area (Å²) in [7, 11) is -3.50. The first-order chi connectivity index (χ1) is 13.3. The summed E-state index contributed by atoms with van der Waals surface area (Å²) in [6.45, 7) is 5.60. The zero-order valence-corrected chi connectivity index (χ0v) is 16.7. The number of nitrogens with zero attached hydrogens (tertiary/aromatic N) is 3. The number of sulfonamides is 1. The molecule has 1 N–H and O–H groups in total. The summed E-state index contributed by atoms with van der Waals surface area (Å²) in [4.78, 5) is 13.2. The Morgan fingerprint density at radius 3 is 2.25 bits per heavy atom. The van der Waals surface area contributed by atoms with E-state index in [0.29, 0.717) is 36.8 Å². The number of nitro benzene ring substituents is 1. The highest BCUT2D eigenvalue weighted by atomic mass is 32.2. The van der Waals surface area contributed by atoms with Crippen LogP contribution in [0.1, 0.15) is 13.8 Å². The maximum absolute atomic E-state index is 12.7. The van der Waals surface area contributed by atoms with Crippen molar-refractivity contribution in [1.82, 2.24) is 4.31 Å². The lowest BCUT2D eigenvalue weighted by atomic mass is 10.2. The lowest BCUT2D eigenvalue weighted by Gasteiger charge is -2.35. The summed E-state index contributed by atoms with van der Waals surface area (Å²) in [5.41, 5.74) is 1.34. The summed E-state index contributed by atoms with van der Waals surface area (Å²) < 4.78 is 27.0. The second kappa shape index (κ2) is 8.15. The normalized spacial score (nSPS) is 15.6. The molecule has 150 valence electrons. The molecule has 1 aliphatic rings. The van der Waals surface area contributed by atoms with E-state index >= 15 is 0 Å². The van der Waals surface area contributed by atoms with Gasteiger partial charge in [-0.25, -0.2) is 8.42 Å². The van der Waals surface area contributed by atoms with Crippen LogP contribution in [0.15, 0.2) is 53.4 Å². The smallest absolute Gasteiger partial charge is 0.292 e. The van der Waals surface area contributed by atoms with Crippen LogP contribution in [-0.2, 0) is 10.0 Å². The summed E-state index contributed by atoms with van der Waals surface area (Å²) in [6.07, 6.45) is 0. The van der Waals surface area contributed by atoms with E-state index in [0.717, 1.165) is 5.69 Å². The molecule has 0 amide bonds. The average Bonchev–Trinajstić information content (AvgIpc) is 2.68. The quantitative estimate of drug-likeness (QED) is 0.587. The standard InChI is InChI=1S/C19H24N4O4S/c1-15(2)20-18-14-16(8-9-19(18)23(24)25)21-10-12-22(13-11-21)28(26,27)17-6-4-3-5-7-17/h3-9,14-15,20H,10-13H2,1-2H3. The summed E-state index contributed by atoms with van der Waals surface area (Å²) in [5.74, 6) is 0. The molecule has 2 aromatic rings. The minimum absolute atomic E-state index is 0.0303. The Hall–Kier alpha value is -2.65. The van der Waals surface area contributed by atoms with Gasteiger partial charge < -0.3 is 10.2 Å². The second-order valence-corrected chi connectivity index (χ2v) is 8.90. The molecule has 3 rings (SSSR count). The first kappa shape index (κ1) is 20.1. The Kier molecular flexibility index (Phi) is 5.85. The molecule has 0 aliphatic carbocycles. The van der Waals surface area contributed by atoms with Crippen LogP contribution in [0, 0.1) is 10.1 Å². The molecule has 0 saturated carbocycles. The van der Waals surface area contributed by atoms with Gasteiger partial charge in [-0.3, -0.25) is 10.1 Å². The van der Waals surface area contributed by atoms with Gasteiger partial charge in [0, 0.05) is 44.0 Å². The molecule has 0 spiro atoms. The van der Waals surface area contributed by atoms with E-state index in [4.69, 9.17) is 0 Å². The summed E-state index contributed by atoms with van der Waals surface area (Å²) >= 11 is 0. The van der Waals surface area contributed by atoms with Gasteiger partial charge in [-0.2, -0.15) is 4.31 Å². The molecule has 1 aliphatic heterocycles. The molecule has 0 aromatic heterocycles. The van der Waals surface area contributed by atoms with Gasteiger partial charge in [-0.05, 0) is 38.1 Å². The van der Waals surface area contributed by atoms with Gasteiger partial charge in [0.05, 0.1) is 9.82 Å². The predicted molar refractivity (Wildman–Crippen MR) is 109 cm³/mol. The molecule has 8 nitrogen and oxygen atoms in total. The van der Waals surface area contributed by atoms with Crippen molar-refractivity contribution in [2.75, 3.05) is 36.4 Å². The third kappa shape index (κ3) is 4.26. The fourth-order valence-corrected chi connectivity index (χ4v) is 4.68. The summed E-state index contributed by atoms with van der Waals surface area (Å²) in [6, 6.07) is 13.4. The number of anilines is 2. The van der Waals surface area contributed by atoms with Gasteiger partial charge >= 0.3 is 0 Å². The van der Waals surface area contributed by atoms with Gasteiger partial charge in [0.2, 0.25) is 10.0 Å². The zero-order chi connectivity index (χ0) is 20.3. The van der Waals surface area contributed by atoms with E-state index < -0.39 is 14.9 Å². The largest absolute Gasteiger partial charge is 0.377 e. The van der Waals surface area contributed by atoms with E-state index in [1.165, 1.54) is 10.4 Å². The SMILES string of the molecule is CC(C)Nc1cc(N2CCN(S(=O)(=O)c3ccccc3)CC2)ccc1[N+](=O)[O-]. The van der Waals surface area contributed by atoms with Crippen molar-refractivity contribution in [2.24, 2.45) is 0 Å². The number of benzene rings is 2. The number of nitro groups is 1. The van der Waals surface area contributed by atoms with Crippen LogP contribution in [0.5, 0.6) is 0 Å². The minimum Gasteiger partial charge on any atom is -0.377 e. The highest BCUT2D eigenvalue weighted by Crippen LogP contribution is 2.31. The predicted octanol–water partition coefficient (Wildman–Crippen LogP) is 2.93. The van der Waals surface area contributed by atoms with Crippen molar-refractivity contribution in [3.05, 3.63) is 58.6 Å².